The van der Waals surface area contributed by atoms with Crippen molar-refractivity contribution >= 4 is 51.4 Å². The summed E-state index contributed by atoms with van der Waals surface area (Å²) >= 11 is 8.18. The topological polar surface area (TPSA) is 29.1 Å². The van der Waals surface area contributed by atoms with Crippen molar-refractivity contribution in [1.82, 2.24) is 0 Å². The number of ketones is 1. The first-order chi connectivity index (χ1) is 12.1. The molecular formula is C21H15ClINO. The van der Waals surface area contributed by atoms with Crippen molar-refractivity contribution in [3.05, 3.63) is 105 Å². The van der Waals surface area contributed by atoms with Crippen LogP contribution in [0.2, 0.25) is 5.02 Å². The molecule has 3 rings (SSSR count). The molecule has 0 saturated carbocycles. The van der Waals surface area contributed by atoms with Crippen LogP contribution in [-0.2, 0) is 0 Å². The van der Waals surface area contributed by atoms with E-state index in [2.05, 4.69) is 27.9 Å². The molecule has 0 saturated heterocycles. The summed E-state index contributed by atoms with van der Waals surface area (Å²) < 4.78 is 1.08. The summed E-state index contributed by atoms with van der Waals surface area (Å²) in [5.74, 6) is -0.0750. The number of hydrogen-bond donors (Lipinski definition) is 1. The number of para-hydroxylation sites is 1. The second kappa shape index (κ2) is 8.32. The van der Waals surface area contributed by atoms with Crippen LogP contribution in [0.1, 0.15) is 15.9 Å². The van der Waals surface area contributed by atoms with Crippen LogP contribution in [0.4, 0.5) is 5.69 Å². The van der Waals surface area contributed by atoms with Gasteiger partial charge in [0.15, 0.2) is 5.78 Å². The Labute approximate surface area is 165 Å². The highest BCUT2D eigenvalue weighted by Crippen LogP contribution is 2.24. The van der Waals surface area contributed by atoms with Crippen LogP contribution in [-0.4, -0.2) is 5.78 Å². The zero-order valence-corrected chi connectivity index (χ0v) is 16.2. The Morgan fingerprint density at radius 3 is 2.16 bits per heavy atom. The third kappa shape index (κ3) is 4.71. The van der Waals surface area contributed by atoms with E-state index in [0.717, 1.165) is 20.5 Å². The van der Waals surface area contributed by atoms with Gasteiger partial charge in [-0.05, 0) is 64.6 Å². The lowest BCUT2D eigenvalue weighted by atomic mass is 10.1. The molecule has 0 aliphatic carbocycles. The third-order valence-electron chi connectivity index (χ3n) is 3.63. The molecule has 25 heavy (non-hydrogen) atoms. The fourth-order valence-corrected chi connectivity index (χ4v) is 2.99. The maximum atomic E-state index is 12.7. The number of carbonyl (C=O) groups is 1. The van der Waals surface area contributed by atoms with Crippen molar-refractivity contribution < 1.29 is 4.79 Å². The summed E-state index contributed by atoms with van der Waals surface area (Å²) in [5.41, 5.74) is 3.26. The SMILES string of the molecule is O=C(/C=C(/Nc1ccccc1I)c1ccccc1)c1ccc(Cl)cc1. The van der Waals surface area contributed by atoms with Gasteiger partial charge in [-0.25, -0.2) is 0 Å². The fraction of sp³-hybridized carbons (Fsp3) is 0. The van der Waals surface area contributed by atoms with Crippen LogP contribution in [0.3, 0.4) is 0 Å². The van der Waals surface area contributed by atoms with E-state index in [1.807, 2.05) is 54.6 Å². The predicted molar refractivity (Wildman–Crippen MR) is 113 cm³/mol. The molecule has 0 aliphatic rings. The van der Waals surface area contributed by atoms with Crippen molar-refractivity contribution in [2.75, 3.05) is 5.32 Å². The van der Waals surface area contributed by atoms with E-state index in [4.69, 9.17) is 11.6 Å². The number of rotatable bonds is 5. The summed E-state index contributed by atoms with van der Waals surface area (Å²) in [6.07, 6.45) is 1.63. The van der Waals surface area contributed by atoms with Gasteiger partial charge < -0.3 is 5.32 Å². The Morgan fingerprint density at radius 2 is 1.48 bits per heavy atom. The van der Waals surface area contributed by atoms with Gasteiger partial charge in [0.05, 0.1) is 5.69 Å². The lowest BCUT2D eigenvalue weighted by Crippen LogP contribution is -2.04. The minimum Gasteiger partial charge on any atom is -0.354 e. The predicted octanol–water partition coefficient (Wildman–Crippen LogP) is 6.28. The van der Waals surface area contributed by atoms with Crippen molar-refractivity contribution in [2.45, 2.75) is 0 Å². The van der Waals surface area contributed by atoms with Gasteiger partial charge in [-0.2, -0.15) is 0 Å². The number of halogens is 2. The lowest BCUT2D eigenvalue weighted by molar-refractivity contribution is 0.104. The van der Waals surface area contributed by atoms with E-state index < -0.39 is 0 Å². The minimum absolute atomic E-state index is 0.0750. The molecule has 3 aromatic carbocycles. The zero-order chi connectivity index (χ0) is 17.6. The number of hydrogen-bond acceptors (Lipinski definition) is 2. The van der Waals surface area contributed by atoms with Crippen LogP contribution in [0.5, 0.6) is 0 Å². The highest BCUT2D eigenvalue weighted by atomic mass is 127. The number of allylic oxidation sites excluding steroid dienone is 1. The van der Waals surface area contributed by atoms with Gasteiger partial charge in [-0.15, -0.1) is 0 Å². The number of benzene rings is 3. The third-order valence-corrected chi connectivity index (χ3v) is 4.82. The van der Waals surface area contributed by atoms with Crippen LogP contribution in [0.25, 0.3) is 5.70 Å². The summed E-state index contributed by atoms with van der Waals surface area (Å²) in [7, 11) is 0. The molecule has 0 amide bonds. The van der Waals surface area contributed by atoms with E-state index in [0.29, 0.717) is 10.6 Å². The molecule has 0 bridgehead atoms. The molecule has 0 spiro atoms. The van der Waals surface area contributed by atoms with Gasteiger partial charge in [0.1, 0.15) is 0 Å². The Balaban J connectivity index is 1.97. The van der Waals surface area contributed by atoms with Gasteiger partial charge in [0, 0.05) is 25.9 Å². The maximum Gasteiger partial charge on any atom is 0.187 e. The number of nitrogens with one attached hydrogen (secondary N) is 1. The van der Waals surface area contributed by atoms with Crippen molar-refractivity contribution in [3.8, 4) is 0 Å². The van der Waals surface area contributed by atoms with Gasteiger partial charge >= 0.3 is 0 Å². The second-order valence-corrected chi connectivity index (χ2v) is 7.00. The molecule has 0 unspecified atom stereocenters. The number of anilines is 1. The van der Waals surface area contributed by atoms with Gasteiger partial charge in [-0.1, -0.05) is 54.1 Å². The van der Waals surface area contributed by atoms with E-state index in [9.17, 15) is 4.79 Å². The molecule has 0 aromatic heterocycles. The van der Waals surface area contributed by atoms with Crippen LogP contribution in [0, 0.1) is 3.57 Å². The molecule has 124 valence electrons. The minimum atomic E-state index is -0.0750. The Morgan fingerprint density at radius 1 is 0.840 bits per heavy atom. The van der Waals surface area contributed by atoms with Gasteiger partial charge in [0.25, 0.3) is 0 Å². The highest BCUT2D eigenvalue weighted by molar-refractivity contribution is 14.1. The van der Waals surface area contributed by atoms with Crippen molar-refractivity contribution in [2.24, 2.45) is 0 Å². The molecule has 0 fully saturated rings. The quantitative estimate of drug-likeness (QED) is 0.276. The van der Waals surface area contributed by atoms with Gasteiger partial charge in [-0.3, -0.25) is 4.79 Å². The lowest BCUT2D eigenvalue weighted by Gasteiger charge is -2.13. The Bertz CT molecular complexity index is 905. The smallest absolute Gasteiger partial charge is 0.187 e. The van der Waals surface area contributed by atoms with Crippen LogP contribution < -0.4 is 5.32 Å². The van der Waals surface area contributed by atoms with Crippen molar-refractivity contribution in [3.63, 3.8) is 0 Å². The summed E-state index contributed by atoms with van der Waals surface area (Å²) in [6.45, 7) is 0. The average Bonchev–Trinajstić information content (AvgIpc) is 2.64. The average molecular weight is 460 g/mol. The van der Waals surface area contributed by atoms with E-state index in [-0.39, 0.29) is 5.78 Å². The second-order valence-electron chi connectivity index (χ2n) is 5.40. The highest BCUT2D eigenvalue weighted by Gasteiger charge is 2.09. The molecule has 0 radical (unpaired) electrons. The first-order valence-corrected chi connectivity index (χ1v) is 9.18. The largest absolute Gasteiger partial charge is 0.354 e. The summed E-state index contributed by atoms with van der Waals surface area (Å²) in [6, 6.07) is 24.7. The van der Waals surface area contributed by atoms with E-state index in [1.165, 1.54) is 0 Å². The molecule has 1 N–H and O–H groups in total. The van der Waals surface area contributed by atoms with Gasteiger partial charge in [0.2, 0.25) is 0 Å². The maximum absolute atomic E-state index is 12.7. The van der Waals surface area contributed by atoms with Crippen LogP contribution in [0.15, 0.2) is 84.9 Å². The molecule has 0 heterocycles. The first kappa shape index (κ1) is 17.7. The Hall–Kier alpha value is -2.11. The normalized spacial score (nSPS) is 11.2. The van der Waals surface area contributed by atoms with E-state index in [1.54, 1.807) is 30.3 Å². The molecule has 0 aliphatic heterocycles. The monoisotopic (exact) mass is 459 g/mol. The Kier molecular flexibility index (Phi) is 5.89. The zero-order valence-electron chi connectivity index (χ0n) is 13.2. The number of carbonyl (C=O) groups excluding carboxylic acids is 1. The molecule has 0 atom stereocenters. The van der Waals surface area contributed by atoms with Crippen molar-refractivity contribution in [1.29, 1.82) is 0 Å². The standard InChI is InChI=1S/C21H15ClINO/c22-17-12-10-16(11-13-17)21(25)14-20(15-6-2-1-3-7-15)24-19-9-5-4-8-18(19)23/h1-14,24H/b20-14+. The summed E-state index contributed by atoms with van der Waals surface area (Å²) in [4.78, 5) is 12.7. The molecule has 2 nitrogen and oxygen atoms in total. The fourth-order valence-electron chi connectivity index (χ4n) is 2.35. The molecule has 3 aromatic rings. The summed E-state index contributed by atoms with van der Waals surface area (Å²) in [5, 5.41) is 3.99. The van der Waals surface area contributed by atoms with Crippen LogP contribution >= 0.6 is 34.2 Å². The van der Waals surface area contributed by atoms with E-state index >= 15 is 0 Å². The molecule has 4 heteroatoms. The molecular weight excluding hydrogens is 445 g/mol. The first-order valence-electron chi connectivity index (χ1n) is 7.72.